The van der Waals surface area contributed by atoms with Gasteiger partial charge in [0, 0.05) is 4.47 Å². The van der Waals surface area contributed by atoms with Crippen molar-refractivity contribution in [3.63, 3.8) is 0 Å². The summed E-state index contributed by atoms with van der Waals surface area (Å²) in [7, 11) is 0. The molecule has 0 spiro atoms. The van der Waals surface area contributed by atoms with E-state index >= 15 is 0 Å². The van der Waals surface area contributed by atoms with E-state index in [0.717, 1.165) is 0 Å². The Labute approximate surface area is 102 Å². The van der Waals surface area contributed by atoms with Gasteiger partial charge in [-0.2, -0.15) is 0 Å². The fraction of sp³-hybridized carbons (Fsp3) is 0.364. The lowest BCUT2D eigenvalue weighted by Gasteiger charge is -2.15. The minimum Gasteiger partial charge on any atom is -0.322 e. The summed E-state index contributed by atoms with van der Waals surface area (Å²) in [6, 6.07) is 3.70. The van der Waals surface area contributed by atoms with Gasteiger partial charge < -0.3 is 11.1 Å². The summed E-state index contributed by atoms with van der Waals surface area (Å²) >= 11 is 3.20. The van der Waals surface area contributed by atoms with Crippen molar-refractivity contribution < 1.29 is 9.18 Å². The van der Waals surface area contributed by atoms with E-state index < -0.39 is 11.9 Å². The van der Waals surface area contributed by atoms with Crippen LogP contribution in [-0.2, 0) is 4.79 Å². The standard InChI is InChI=1S/C11H14BrFN2O/c1-6(2)10(14)11(16)15-9-5-7(12)3-4-8(9)13/h3-6,10H,14H2,1-2H3,(H,15,16)/t10-/m0/s1. The monoisotopic (exact) mass is 288 g/mol. The quantitative estimate of drug-likeness (QED) is 0.898. The van der Waals surface area contributed by atoms with E-state index in [1.165, 1.54) is 12.1 Å². The van der Waals surface area contributed by atoms with E-state index in [0.29, 0.717) is 4.47 Å². The van der Waals surface area contributed by atoms with E-state index in [1.54, 1.807) is 6.07 Å². The van der Waals surface area contributed by atoms with E-state index in [4.69, 9.17) is 5.73 Å². The van der Waals surface area contributed by atoms with Crippen LogP contribution in [0.1, 0.15) is 13.8 Å². The van der Waals surface area contributed by atoms with Crippen LogP contribution in [0.25, 0.3) is 0 Å². The van der Waals surface area contributed by atoms with Gasteiger partial charge in [0.1, 0.15) is 5.82 Å². The summed E-state index contributed by atoms with van der Waals surface area (Å²) in [5.41, 5.74) is 5.78. The third kappa shape index (κ3) is 3.28. The third-order valence-corrected chi connectivity index (χ3v) is 2.70. The molecule has 3 N–H and O–H groups in total. The minimum atomic E-state index is -0.640. The van der Waals surface area contributed by atoms with Gasteiger partial charge in [0.25, 0.3) is 0 Å². The number of anilines is 1. The highest BCUT2D eigenvalue weighted by Crippen LogP contribution is 2.20. The van der Waals surface area contributed by atoms with Gasteiger partial charge in [-0.1, -0.05) is 29.8 Å². The summed E-state index contributed by atoms with van der Waals surface area (Å²) < 4.78 is 14.0. The Kier molecular flexibility index (Phi) is 4.44. The second-order valence-corrected chi connectivity index (χ2v) is 4.80. The van der Waals surface area contributed by atoms with Crippen molar-refractivity contribution >= 4 is 27.5 Å². The molecule has 1 aromatic carbocycles. The normalized spacial score (nSPS) is 12.6. The molecule has 0 aliphatic heterocycles. The summed E-state index contributed by atoms with van der Waals surface area (Å²) in [6.07, 6.45) is 0. The molecule has 0 aromatic heterocycles. The van der Waals surface area contributed by atoms with Crippen LogP contribution in [0.15, 0.2) is 22.7 Å². The summed E-state index contributed by atoms with van der Waals surface area (Å²) in [4.78, 5) is 11.6. The number of benzene rings is 1. The Morgan fingerprint density at radius 3 is 2.69 bits per heavy atom. The Morgan fingerprint density at radius 1 is 1.50 bits per heavy atom. The Hall–Kier alpha value is -0.940. The fourth-order valence-electron chi connectivity index (χ4n) is 1.11. The number of carbonyl (C=O) groups excluding carboxylic acids is 1. The molecule has 0 heterocycles. The largest absolute Gasteiger partial charge is 0.322 e. The Morgan fingerprint density at radius 2 is 2.12 bits per heavy atom. The molecule has 0 fully saturated rings. The third-order valence-electron chi connectivity index (χ3n) is 2.21. The van der Waals surface area contributed by atoms with Crippen LogP contribution in [0.5, 0.6) is 0 Å². The van der Waals surface area contributed by atoms with E-state index in [1.807, 2.05) is 13.8 Å². The molecule has 0 saturated heterocycles. The van der Waals surface area contributed by atoms with Crippen LogP contribution in [0, 0.1) is 11.7 Å². The average molecular weight is 289 g/mol. The van der Waals surface area contributed by atoms with Gasteiger partial charge in [0.2, 0.25) is 5.91 Å². The SMILES string of the molecule is CC(C)[C@H](N)C(=O)Nc1cc(Br)ccc1F. The predicted octanol–water partition coefficient (Wildman–Crippen LogP) is 2.51. The molecule has 0 bridgehead atoms. The first-order valence-corrected chi connectivity index (χ1v) is 5.72. The number of halogens is 2. The second-order valence-electron chi connectivity index (χ2n) is 3.88. The highest BCUT2D eigenvalue weighted by Gasteiger charge is 2.18. The minimum absolute atomic E-state index is 0.00946. The zero-order valence-electron chi connectivity index (χ0n) is 9.13. The first kappa shape index (κ1) is 13.1. The van der Waals surface area contributed by atoms with Crippen molar-refractivity contribution in [1.29, 1.82) is 0 Å². The summed E-state index contributed by atoms with van der Waals surface area (Å²) in [5.74, 6) is -0.852. The lowest BCUT2D eigenvalue weighted by Crippen LogP contribution is -2.39. The number of hydrogen-bond acceptors (Lipinski definition) is 2. The van der Waals surface area contributed by atoms with Crippen molar-refractivity contribution in [2.75, 3.05) is 5.32 Å². The number of carbonyl (C=O) groups is 1. The fourth-order valence-corrected chi connectivity index (χ4v) is 1.47. The Balaban J connectivity index is 2.80. The molecule has 1 atom stereocenters. The van der Waals surface area contributed by atoms with Crippen LogP contribution in [0.2, 0.25) is 0 Å². The maximum Gasteiger partial charge on any atom is 0.241 e. The van der Waals surface area contributed by atoms with Gasteiger partial charge in [0.15, 0.2) is 0 Å². The molecule has 0 radical (unpaired) electrons. The maximum absolute atomic E-state index is 13.3. The van der Waals surface area contributed by atoms with Gasteiger partial charge in [-0.3, -0.25) is 4.79 Å². The van der Waals surface area contributed by atoms with Crippen LogP contribution >= 0.6 is 15.9 Å². The summed E-state index contributed by atoms with van der Waals surface area (Å²) in [5, 5.41) is 2.46. The average Bonchev–Trinajstić information content (AvgIpc) is 2.22. The van der Waals surface area contributed by atoms with Crippen molar-refractivity contribution in [2.24, 2.45) is 11.7 Å². The van der Waals surface area contributed by atoms with Gasteiger partial charge in [-0.25, -0.2) is 4.39 Å². The molecule has 1 aromatic rings. The molecule has 0 aliphatic carbocycles. The number of rotatable bonds is 3. The molecule has 16 heavy (non-hydrogen) atoms. The number of nitrogens with two attached hydrogens (primary N) is 1. The smallest absolute Gasteiger partial charge is 0.241 e. The van der Waals surface area contributed by atoms with Crippen molar-refractivity contribution in [1.82, 2.24) is 0 Å². The lowest BCUT2D eigenvalue weighted by molar-refractivity contribution is -0.118. The van der Waals surface area contributed by atoms with Crippen molar-refractivity contribution in [2.45, 2.75) is 19.9 Å². The molecule has 1 rings (SSSR count). The highest BCUT2D eigenvalue weighted by atomic mass is 79.9. The van der Waals surface area contributed by atoms with E-state index in [2.05, 4.69) is 21.2 Å². The Bertz CT molecular complexity index is 396. The molecule has 1 amide bonds. The van der Waals surface area contributed by atoms with Crippen molar-refractivity contribution in [3.05, 3.63) is 28.5 Å². The topological polar surface area (TPSA) is 55.1 Å². The highest BCUT2D eigenvalue weighted by molar-refractivity contribution is 9.10. The van der Waals surface area contributed by atoms with Crippen LogP contribution < -0.4 is 11.1 Å². The van der Waals surface area contributed by atoms with E-state index in [9.17, 15) is 9.18 Å². The molecule has 5 heteroatoms. The van der Waals surface area contributed by atoms with E-state index in [-0.39, 0.29) is 17.5 Å². The predicted molar refractivity (Wildman–Crippen MR) is 65.5 cm³/mol. The number of amides is 1. The number of nitrogens with one attached hydrogen (secondary N) is 1. The van der Waals surface area contributed by atoms with Crippen LogP contribution in [0.3, 0.4) is 0 Å². The molecule has 88 valence electrons. The maximum atomic E-state index is 13.3. The molecular weight excluding hydrogens is 275 g/mol. The lowest BCUT2D eigenvalue weighted by atomic mass is 10.0. The molecule has 0 unspecified atom stereocenters. The van der Waals surface area contributed by atoms with Gasteiger partial charge in [0.05, 0.1) is 11.7 Å². The van der Waals surface area contributed by atoms with Crippen molar-refractivity contribution in [3.8, 4) is 0 Å². The number of hydrogen-bond donors (Lipinski definition) is 2. The van der Waals surface area contributed by atoms with Crippen LogP contribution in [-0.4, -0.2) is 11.9 Å². The molecule has 3 nitrogen and oxygen atoms in total. The van der Waals surface area contributed by atoms with Gasteiger partial charge >= 0.3 is 0 Å². The molecular formula is C11H14BrFN2O. The summed E-state index contributed by atoms with van der Waals surface area (Å²) in [6.45, 7) is 3.67. The second kappa shape index (κ2) is 5.41. The molecule has 0 saturated carbocycles. The zero-order valence-corrected chi connectivity index (χ0v) is 10.7. The molecule has 0 aliphatic rings. The van der Waals surface area contributed by atoms with Crippen LogP contribution in [0.4, 0.5) is 10.1 Å². The zero-order chi connectivity index (χ0) is 12.3. The van der Waals surface area contributed by atoms with Gasteiger partial charge in [-0.15, -0.1) is 0 Å². The first-order chi connectivity index (χ1) is 7.41. The first-order valence-electron chi connectivity index (χ1n) is 4.93. The van der Waals surface area contributed by atoms with Gasteiger partial charge in [-0.05, 0) is 24.1 Å².